The third kappa shape index (κ3) is 5.81. The van der Waals surface area contributed by atoms with Crippen LogP contribution in [0.3, 0.4) is 0 Å². The maximum atomic E-state index is 13.4. The summed E-state index contributed by atoms with van der Waals surface area (Å²) in [5, 5.41) is 2.60. The van der Waals surface area contributed by atoms with E-state index in [-0.39, 0.29) is 10.5 Å². The number of hydrogen-bond donors (Lipinski definition) is 1. The number of rotatable bonds is 8. The SMILES string of the molecule is [2H]C1([2H])NC([2H])([2H])C([2H])([2H])N(C(=O)c2ccc3nc(CC[C@@H](C)CCc4ncc(SC)cn4)sc3c2)C1([2H])[2H]. The lowest BCUT2D eigenvalue weighted by Gasteiger charge is -2.27. The topological polar surface area (TPSA) is 71.0 Å². The van der Waals surface area contributed by atoms with E-state index in [4.69, 9.17) is 11.0 Å². The highest BCUT2D eigenvalue weighted by Gasteiger charge is 2.18. The lowest BCUT2D eigenvalue weighted by molar-refractivity contribution is 0.0736. The number of fused-ring (bicyclic) bond motifs is 1. The van der Waals surface area contributed by atoms with Gasteiger partial charge in [-0.15, -0.1) is 23.1 Å². The van der Waals surface area contributed by atoms with Crippen molar-refractivity contribution in [2.75, 3.05) is 32.2 Å². The molecule has 2 aromatic heterocycles. The number of aromatic nitrogens is 3. The van der Waals surface area contributed by atoms with Crippen LogP contribution in [0.25, 0.3) is 10.2 Å². The number of nitrogens with one attached hydrogen (secondary N) is 1. The zero-order chi connectivity index (χ0) is 28.8. The fourth-order valence-corrected chi connectivity index (χ4v) is 4.48. The number of carbonyl (C=O) groups is 1. The van der Waals surface area contributed by atoms with Crippen molar-refractivity contribution in [3.8, 4) is 0 Å². The molecule has 1 N–H and O–H groups in total. The van der Waals surface area contributed by atoms with Crippen molar-refractivity contribution in [1.29, 1.82) is 0 Å². The van der Waals surface area contributed by atoms with E-state index in [2.05, 4.69) is 21.9 Å². The first-order chi connectivity index (χ1) is 18.1. The predicted octanol–water partition coefficient (Wildman–Crippen LogP) is 4.06. The van der Waals surface area contributed by atoms with Gasteiger partial charge in [-0.3, -0.25) is 4.79 Å². The molecule has 3 aromatic rings. The minimum atomic E-state index is -3.18. The second kappa shape index (κ2) is 10.5. The quantitative estimate of drug-likeness (QED) is 0.508. The Morgan fingerprint density at radius 3 is 2.74 bits per heavy atom. The predicted molar refractivity (Wildman–Crippen MR) is 128 cm³/mol. The summed E-state index contributed by atoms with van der Waals surface area (Å²) < 4.78 is 65.0. The van der Waals surface area contributed by atoms with Gasteiger partial charge >= 0.3 is 0 Å². The van der Waals surface area contributed by atoms with Gasteiger partial charge in [0.05, 0.1) is 20.7 Å². The van der Waals surface area contributed by atoms with E-state index in [0.717, 1.165) is 41.4 Å². The van der Waals surface area contributed by atoms with Crippen LogP contribution in [0.1, 0.15) is 51.9 Å². The first-order valence-electron chi connectivity index (χ1n) is 14.0. The Bertz CT molecular complexity index is 1330. The molecule has 0 unspecified atom stereocenters. The smallest absolute Gasteiger partial charge is 0.253 e. The van der Waals surface area contributed by atoms with Crippen LogP contribution < -0.4 is 5.32 Å². The maximum absolute atomic E-state index is 13.4. The minimum absolute atomic E-state index is 0.0274. The molecule has 1 aliphatic rings. The normalized spacial score (nSPS) is 25.7. The van der Waals surface area contributed by atoms with Gasteiger partial charge < -0.3 is 10.2 Å². The molecule has 0 spiro atoms. The Hall–Kier alpha value is -2.03. The summed E-state index contributed by atoms with van der Waals surface area (Å²) in [6.45, 7) is -10.3. The monoisotopic (exact) mass is 463 g/mol. The van der Waals surface area contributed by atoms with E-state index >= 15 is 0 Å². The molecule has 31 heavy (non-hydrogen) atoms. The van der Waals surface area contributed by atoms with Crippen LogP contribution in [0, 0.1) is 5.92 Å². The van der Waals surface area contributed by atoms with Gasteiger partial charge in [0, 0.05) is 60.7 Å². The average Bonchev–Trinajstić information content (AvgIpc) is 3.27. The molecular weight excluding hydrogens is 426 g/mol. The zero-order valence-corrected chi connectivity index (χ0v) is 18.9. The Morgan fingerprint density at radius 1 is 1.26 bits per heavy atom. The molecule has 3 heterocycles. The van der Waals surface area contributed by atoms with Gasteiger partial charge in [-0.25, -0.2) is 15.0 Å². The van der Waals surface area contributed by atoms with Gasteiger partial charge in [0.2, 0.25) is 0 Å². The van der Waals surface area contributed by atoms with Crippen molar-refractivity contribution in [3.05, 3.63) is 47.0 Å². The number of aryl methyl sites for hydroxylation is 2. The van der Waals surface area contributed by atoms with Gasteiger partial charge in [0.25, 0.3) is 5.91 Å². The summed E-state index contributed by atoms with van der Waals surface area (Å²) >= 11 is 2.98. The van der Waals surface area contributed by atoms with E-state index in [1.807, 2.05) is 18.6 Å². The average molecular weight is 464 g/mol. The first kappa shape index (κ1) is 14.2. The van der Waals surface area contributed by atoms with Crippen LogP contribution in [0.4, 0.5) is 0 Å². The standard InChI is InChI=1S/C23H29N5OS2/c1-16(3-7-21-25-14-18(30-2)15-26-21)4-8-22-27-19-6-5-17(13-20(19)31-22)23(29)28-11-9-24-10-12-28/h5-6,13-16,24H,3-4,7-12H2,1-2H3/t16-/m0/s1/i9D2,10D2,11D2,12D2. The van der Waals surface area contributed by atoms with Crippen molar-refractivity contribution in [2.45, 2.75) is 37.5 Å². The van der Waals surface area contributed by atoms with Crippen molar-refractivity contribution in [1.82, 2.24) is 25.2 Å². The molecule has 1 aromatic carbocycles. The lowest BCUT2D eigenvalue weighted by atomic mass is 10.00. The lowest BCUT2D eigenvalue weighted by Crippen LogP contribution is -2.46. The van der Waals surface area contributed by atoms with Crippen LogP contribution in [0.2, 0.25) is 0 Å². The van der Waals surface area contributed by atoms with Crippen LogP contribution in [0.15, 0.2) is 35.5 Å². The molecule has 0 radical (unpaired) electrons. The number of carbonyl (C=O) groups excluding carboxylic acids is 1. The summed E-state index contributed by atoms with van der Waals surface area (Å²) in [4.78, 5) is 27.8. The van der Waals surface area contributed by atoms with E-state index in [9.17, 15) is 4.79 Å². The highest BCUT2D eigenvalue weighted by molar-refractivity contribution is 7.98. The number of nitrogens with zero attached hydrogens (tertiary/aromatic N) is 4. The number of piperazine rings is 1. The summed E-state index contributed by atoms with van der Waals surface area (Å²) in [6, 6.07) is 4.42. The van der Waals surface area contributed by atoms with Crippen LogP contribution >= 0.6 is 23.1 Å². The van der Waals surface area contributed by atoms with Crippen molar-refractivity contribution in [2.24, 2.45) is 5.92 Å². The van der Waals surface area contributed by atoms with E-state index in [0.29, 0.717) is 16.1 Å². The molecule has 0 saturated carbocycles. The van der Waals surface area contributed by atoms with Crippen molar-refractivity contribution < 1.29 is 15.8 Å². The van der Waals surface area contributed by atoms with Crippen molar-refractivity contribution >= 4 is 39.2 Å². The Kier molecular flexibility index (Phi) is 4.82. The summed E-state index contributed by atoms with van der Waals surface area (Å²) in [6.07, 6.45) is 8.96. The van der Waals surface area contributed by atoms with Crippen molar-refractivity contribution in [3.63, 3.8) is 0 Å². The van der Waals surface area contributed by atoms with Gasteiger partial charge in [0.1, 0.15) is 5.82 Å². The highest BCUT2D eigenvalue weighted by Crippen LogP contribution is 2.26. The molecule has 6 nitrogen and oxygen atoms in total. The second-order valence-electron chi connectivity index (χ2n) is 7.25. The fraction of sp³-hybridized carbons (Fsp3) is 0.478. The Labute approximate surface area is 203 Å². The number of thioether (sulfide) groups is 1. The third-order valence-electron chi connectivity index (χ3n) is 4.97. The number of amides is 1. The first-order valence-corrected chi connectivity index (χ1v) is 12.0. The molecule has 1 fully saturated rings. The Morgan fingerprint density at radius 2 is 2.00 bits per heavy atom. The second-order valence-corrected chi connectivity index (χ2v) is 9.25. The molecule has 1 atom stereocenters. The van der Waals surface area contributed by atoms with Gasteiger partial charge in [0.15, 0.2) is 0 Å². The summed E-state index contributed by atoms with van der Waals surface area (Å²) in [5.41, 5.74) is 0.554. The molecular formula is C23H29N5OS2. The number of benzene rings is 1. The highest BCUT2D eigenvalue weighted by atomic mass is 32.2. The van der Waals surface area contributed by atoms with Crippen LogP contribution in [0.5, 0.6) is 0 Å². The molecule has 0 bridgehead atoms. The van der Waals surface area contributed by atoms with E-state index < -0.39 is 31.9 Å². The molecule has 4 rings (SSSR count). The maximum Gasteiger partial charge on any atom is 0.253 e. The van der Waals surface area contributed by atoms with Gasteiger partial charge in [-0.05, 0) is 49.6 Å². The molecule has 0 aliphatic carbocycles. The third-order valence-corrected chi connectivity index (χ3v) is 6.73. The van der Waals surface area contributed by atoms with Gasteiger partial charge in [-0.2, -0.15) is 0 Å². The summed E-state index contributed by atoms with van der Waals surface area (Å²) in [7, 11) is 0. The fourth-order valence-electron chi connectivity index (χ4n) is 3.14. The number of hydrogen-bond acceptors (Lipinski definition) is 7. The summed E-state index contributed by atoms with van der Waals surface area (Å²) in [5.74, 6) is 0.0638. The largest absolute Gasteiger partial charge is 0.336 e. The molecule has 8 heteroatoms. The van der Waals surface area contributed by atoms with Crippen LogP contribution in [-0.2, 0) is 12.8 Å². The molecule has 1 amide bonds. The van der Waals surface area contributed by atoms with Gasteiger partial charge in [-0.1, -0.05) is 6.92 Å². The molecule has 1 aliphatic heterocycles. The zero-order valence-electron chi connectivity index (χ0n) is 25.3. The Balaban J connectivity index is 1.46. The minimum Gasteiger partial charge on any atom is -0.336 e. The van der Waals surface area contributed by atoms with Crippen LogP contribution in [-0.4, -0.2) is 58.0 Å². The molecule has 1 saturated heterocycles. The molecule has 164 valence electrons. The van der Waals surface area contributed by atoms with E-state index in [1.54, 1.807) is 23.1 Å². The van der Waals surface area contributed by atoms with E-state index in [1.165, 1.54) is 23.5 Å². The number of thiazole rings is 1.